The van der Waals surface area contributed by atoms with Crippen molar-refractivity contribution >= 4 is 17.7 Å². The average molecular weight is 226 g/mol. The number of rotatable bonds is 4. The minimum Gasteiger partial charge on any atom is -0.469 e. The van der Waals surface area contributed by atoms with Crippen LogP contribution in [0.15, 0.2) is 17.3 Å². The van der Waals surface area contributed by atoms with Crippen molar-refractivity contribution in [2.24, 2.45) is 5.92 Å². The Balaban J connectivity index is 2.47. The molecule has 0 fully saturated rings. The minimum absolute atomic E-state index is 0.123. The number of ether oxygens (including phenoxy) is 1. The van der Waals surface area contributed by atoms with Crippen LogP contribution in [0, 0.1) is 12.8 Å². The van der Waals surface area contributed by atoms with Crippen LogP contribution in [0.25, 0.3) is 0 Å². The van der Waals surface area contributed by atoms with Gasteiger partial charge in [-0.05, 0) is 18.6 Å². The van der Waals surface area contributed by atoms with Crippen LogP contribution in [0.1, 0.15) is 12.5 Å². The van der Waals surface area contributed by atoms with Crippen molar-refractivity contribution in [3.05, 3.63) is 17.8 Å². The molecule has 5 heteroatoms. The fourth-order valence-corrected chi connectivity index (χ4v) is 1.92. The molecular formula is C10H14N2O2S. The molecule has 0 N–H and O–H groups in total. The predicted molar refractivity (Wildman–Crippen MR) is 58.7 cm³/mol. The first-order valence-corrected chi connectivity index (χ1v) is 5.62. The summed E-state index contributed by atoms with van der Waals surface area (Å²) >= 11 is 1.51. The van der Waals surface area contributed by atoms with E-state index in [1.54, 1.807) is 6.20 Å². The first-order valence-electron chi connectivity index (χ1n) is 4.63. The van der Waals surface area contributed by atoms with E-state index in [0.29, 0.717) is 5.75 Å². The second kappa shape index (κ2) is 5.70. The Bertz CT molecular complexity index is 344. The van der Waals surface area contributed by atoms with Crippen LogP contribution in [-0.4, -0.2) is 29.0 Å². The third-order valence-electron chi connectivity index (χ3n) is 1.85. The number of carbonyl (C=O) groups is 1. The van der Waals surface area contributed by atoms with Gasteiger partial charge in [0.25, 0.3) is 0 Å². The van der Waals surface area contributed by atoms with Crippen molar-refractivity contribution < 1.29 is 9.53 Å². The maximum Gasteiger partial charge on any atom is 0.309 e. The molecule has 82 valence electrons. The number of hydrogen-bond donors (Lipinski definition) is 0. The van der Waals surface area contributed by atoms with Gasteiger partial charge >= 0.3 is 5.97 Å². The van der Waals surface area contributed by atoms with Crippen LogP contribution in [0.3, 0.4) is 0 Å². The molecule has 1 aromatic rings. The first kappa shape index (κ1) is 12.0. The van der Waals surface area contributed by atoms with Gasteiger partial charge in [0.05, 0.1) is 19.2 Å². The summed E-state index contributed by atoms with van der Waals surface area (Å²) in [6.07, 6.45) is 1.70. The summed E-state index contributed by atoms with van der Waals surface area (Å²) in [4.78, 5) is 11.1. The lowest BCUT2D eigenvalue weighted by atomic mass is 10.2. The summed E-state index contributed by atoms with van der Waals surface area (Å²) in [7, 11) is 1.40. The molecule has 0 radical (unpaired) electrons. The molecular weight excluding hydrogens is 212 g/mol. The normalized spacial score (nSPS) is 12.2. The van der Waals surface area contributed by atoms with Gasteiger partial charge in [0, 0.05) is 5.75 Å². The molecule has 0 saturated heterocycles. The highest BCUT2D eigenvalue weighted by Crippen LogP contribution is 2.18. The lowest BCUT2D eigenvalue weighted by Crippen LogP contribution is -2.14. The van der Waals surface area contributed by atoms with E-state index in [4.69, 9.17) is 0 Å². The van der Waals surface area contributed by atoms with Gasteiger partial charge in [-0.15, -0.1) is 16.9 Å². The largest absolute Gasteiger partial charge is 0.469 e. The third kappa shape index (κ3) is 3.87. The van der Waals surface area contributed by atoms with Crippen molar-refractivity contribution in [1.82, 2.24) is 10.2 Å². The minimum atomic E-state index is -0.192. The van der Waals surface area contributed by atoms with Crippen molar-refractivity contribution in [2.45, 2.75) is 18.9 Å². The molecule has 1 unspecified atom stereocenters. The molecule has 0 bridgehead atoms. The maximum atomic E-state index is 11.1. The summed E-state index contributed by atoms with van der Waals surface area (Å²) in [6, 6.07) is 1.95. The fraction of sp³-hybridized carbons (Fsp3) is 0.500. The van der Waals surface area contributed by atoms with Crippen LogP contribution < -0.4 is 0 Å². The summed E-state index contributed by atoms with van der Waals surface area (Å²) in [6.45, 7) is 3.80. The van der Waals surface area contributed by atoms with Crippen molar-refractivity contribution in [1.29, 1.82) is 0 Å². The molecule has 0 aliphatic heterocycles. The molecule has 0 amide bonds. The van der Waals surface area contributed by atoms with Gasteiger partial charge in [0.15, 0.2) is 0 Å². The maximum absolute atomic E-state index is 11.1. The third-order valence-corrected chi connectivity index (χ3v) is 3.02. The van der Waals surface area contributed by atoms with E-state index in [0.717, 1.165) is 10.6 Å². The lowest BCUT2D eigenvalue weighted by molar-refractivity contribution is -0.143. The fourth-order valence-electron chi connectivity index (χ4n) is 0.988. The second-order valence-corrected chi connectivity index (χ2v) is 4.35. The molecule has 0 saturated carbocycles. The highest BCUT2D eigenvalue weighted by molar-refractivity contribution is 7.99. The van der Waals surface area contributed by atoms with E-state index in [-0.39, 0.29) is 11.9 Å². The monoisotopic (exact) mass is 226 g/mol. The van der Waals surface area contributed by atoms with Gasteiger partial charge < -0.3 is 4.74 Å². The first-order chi connectivity index (χ1) is 7.13. The molecule has 15 heavy (non-hydrogen) atoms. The molecule has 1 rings (SSSR count). The number of thioether (sulfide) groups is 1. The molecule has 0 aliphatic carbocycles. The smallest absolute Gasteiger partial charge is 0.309 e. The zero-order chi connectivity index (χ0) is 11.3. The van der Waals surface area contributed by atoms with Crippen molar-refractivity contribution in [2.75, 3.05) is 12.9 Å². The summed E-state index contributed by atoms with van der Waals surface area (Å²) < 4.78 is 4.64. The van der Waals surface area contributed by atoms with E-state index in [1.165, 1.54) is 18.9 Å². The molecule has 0 aromatic carbocycles. The van der Waals surface area contributed by atoms with Gasteiger partial charge in [-0.3, -0.25) is 4.79 Å². The molecule has 4 nitrogen and oxygen atoms in total. The van der Waals surface area contributed by atoms with Gasteiger partial charge in [-0.2, -0.15) is 5.10 Å². The SMILES string of the molecule is COC(=O)C(C)CSc1cc(C)cnn1. The predicted octanol–water partition coefficient (Wildman–Crippen LogP) is 1.69. The molecule has 1 heterocycles. The Labute approximate surface area is 93.4 Å². The molecule has 1 aromatic heterocycles. The Hall–Kier alpha value is -1.10. The van der Waals surface area contributed by atoms with Crippen LogP contribution in [0.2, 0.25) is 0 Å². The zero-order valence-corrected chi connectivity index (χ0v) is 9.87. The topological polar surface area (TPSA) is 52.1 Å². The van der Waals surface area contributed by atoms with Crippen LogP contribution in [-0.2, 0) is 9.53 Å². The Morgan fingerprint density at radius 1 is 1.67 bits per heavy atom. The van der Waals surface area contributed by atoms with E-state index >= 15 is 0 Å². The highest BCUT2D eigenvalue weighted by atomic mass is 32.2. The molecule has 0 spiro atoms. The summed E-state index contributed by atoms with van der Waals surface area (Å²) in [5.74, 6) is 0.343. The number of hydrogen-bond acceptors (Lipinski definition) is 5. The molecule has 1 atom stereocenters. The highest BCUT2D eigenvalue weighted by Gasteiger charge is 2.13. The van der Waals surface area contributed by atoms with E-state index in [1.807, 2.05) is 19.9 Å². The number of aryl methyl sites for hydroxylation is 1. The number of nitrogens with zero attached hydrogens (tertiary/aromatic N) is 2. The summed E-state index contributed by atoms with van der Waals surface area (Å²) in [5, 5.41) is 8.64. The summed E-state index contributed by atoms with van der Waals surface area (Å²) in [5.41, 5.74) is 1.07. The second-order valence-electron chi connectivity index (χ2n) is 3.31. The number of methoxy groups -OCH3 is 1. The number of esters is 1. The standard InChI is InChI=1S/C10H14N2O2S/c1-7-4-9(12-11-5-7)15-6-8(2)10(13)14-3/h4-5,8H,6H2,1-3H3. The van der Waals surface area contributed by atoms with Gasteiger partial charge in [-0.1, -0.05) is 6.92 Å². The Morgan fingerprint density at radius 3 is 3.00 bits per heavy atom. The molecule has 0 aliphatic rings. The average Bonchev–Trinajstić information content (AvgIpc) is 2.25. The quantitative estimate of drug-likeness (QED) is 0.577. The lowest BCUT2D eigenvalue weighted by Gasteiger charge is -2.07. The van der Waals surface area contributed by atoms with Gasteiger partial charge in [-0.25, -0.2) is 0 Å². The Morgan fingerprint density at radius 2 is 2.40 bits per heavy atom. The van der Waals surface area contributed by atoms with Crippen molar-refractivity contribution in [3.63, 3.8) is 0 Å². The van der Waals surface area contributed by atoms with Gasteiger partial charge in [0.2, 0.25) is 0 Å². The van der Waals surface area contributed by atoms with Crippen LogP contribution >= 0.6 is 11.8 Å². The van der Waals surface area contributed by atoms with E-state index in [2.05, 4.69) is 14.9 Å². The van der Waals surface area contributed by atoms with Crippen molar-refractivity contribution in [3.8, 4) is 0 Å². The van der Waals surface area contributed by atoms with E-state index in [9.17, 15) is 4.79 Å². The van der Waals surface area contributed by atoms with E-state index < -0.39 is 0 Å². The van der Waals surface area contributed by atoms with Gasteiger partial charge in [0.1, 0.15) is 5.03 Å². The Kier molecular flexibility index (Phi) is 4.55. The zero-order valence-electron chi connectivity index (χ0n) is 9.06. The van der Waals surface area contributed by atoms with Crippen LogP contribution in [0.4, 0.5) is 0 Å². The number of aromatic nitrogens is 2. The number of carbonyl (C=O) groups excluding carboxylic acids is 1. The van der Waals surface area contributed by atoms with Crippen LogP contribution in [0.5, 0.6) is 0 Å².